The van der Waals surface area contributed by atoms with Crippen LogP contribution in [0.2, 0.25) is 0 Å². The van der Waals surface area contributed by atoms with Crippen molar-refractivity contribution in [3.63, 3.8) is 0 Å². The fraction of sp³-hybridized carbons (Fsp3) is 0.333. The highest BCUT2D eigenvalue weighted by molar-refractivity contribution is 5.84. The Bertz CT molecular complexity index is 463. The van der Waals surface area contributed by atoms with Gasteiger partial charge < -0.3 is 15.3 Å². The van der Waals surface area contributed by atoms with Crippen LogP contribution >= 0.6 is 0 Å². The molecule has 0 heterocycles. The maximum Gasteiger partial charge on any atom is 0.406 e. The van der Waals surface area contributed by atoms with Crippen molar-refractivity contribution in [1.82, 2.24) is 4.90 Å². The lowest BCUT2D eigenvalue weighted by Crippen LogP contribution is -2.44. The molecule has 110 valence electrons. The molecule has 8 heteroatoms. The zero-order valence-corrected chi connectivity index (χ0v) is 10.4. The highest BCUT2D eigenvalue weighted by Crippen LogP contribution is 2.16. The lowest BCUT2D eigenvalue weighted by Gasteiger charge is -2.22. The number of aliphatic carboxylic acids is 1. The van der Waals surface area contributed by atoms with Crippen LogP contribution in [0.5, 0.6) is 0 Å². The lowest BCUT2D eigenvalue weighted by molar-refractivity contribution is -0.164. The smallest absolute Gasteiger partial charge is 0.406 e. The molecule has 0 aliphatic rings. The molecule has 0 unspecified atom stereocenters. The molecule has 0 saturated carbocycles. The number of carboxylic acid groups (broad SMARTS) is 1. The van der Waals surface area contributed by atoms with E-state index >= 15 is 0 Å². The van der Waals surface area contributed by atoms with Crippen molar-refractivity contribution in [1.29, 1.82) is 0 Å². The quantitative estimate of drug-likeness (QED) is 0.834. The van der Waals surface area contributed by atoms with Gasteiger partial charge in [0.1, 0.15) is 13.1 Å². The molecule has 0 spiro atoms. The predicted octanol–water partition coefficient (Wildman–Crippen LogP) is 1.57. The van der Waals surface area contributed by atoms with Gasteiger partial charge in [-0.25, -0.2) is 0 Å². The molecule has 0 bridgehead atoms. The molecule has 20 heavy (non-hydrogen) atoms. The zero-order chi connectivity index (χ0) is 15.2. The summed E-state index contributed by atoms with van der Waals surface area (Å²) in [7, 11) is 0. The van der Waals surface area contributed by atoms with Crippen LogP contribution in [-0.4, -0.2) is 47.7 Å². The monoisotopic (exact) mass is 290 g/mol. The minimum Gasteiger partial charge on any atom is -0.480 e. The van der Waals surface area contributed by atoms with Crippen LogP contribution in [0.15, 0.2) is 30.3 Å². The second kappa shape index (κ2) is 6.78. The molecular weight excluding hydrogens is 277 g/mol. The van der Waals surface area contributed by atoms with E-state index in [1.165, 1.54) is 0 Å². The minimum absolute atomic E-state index is 0.248. The number of alkyl halides is 3. The van der Waals surface area contributed by atoms with Crippen molar-refractivity contribution in [2.24, 2.45) is 0 Å². The topological polar surface area (TPSA) is 69.6 Å². The number of hydrogen-bond acceptors (Lipinski definition) is 3. The van der Waals surface area contributed by atoms with Gasteiger partial charge in [-0.05, 0) is 12.1 Å². The van der Waals surface area contributed by atoms with E-state index in [1.807, 2.05) is 0 Å². The number of rotatable bonds is 6. The first-order valence-electron chi connectivity index (χ1n) is 5.63. The lowest BCUT2D eigenvalue weighted by atomic mass is 10.3. The fourth-order valence-corrected chi connectivity index (χ4v) is 1.46. The molecule has 0 fully saturated rings. The van der Waals surface area contributed by atoms with Gasteiger partial charge in [0.25, 0.3) is 0 Å². The van der Waals surface area contributed by atoms with E-state index < -0.39 is 37.7 Å². The third-order valence-corrected chi connectivity index (χ3v) is 2.27. The molecule has 2 N–H and O–H groups in total. The Balaban J connectivity index is 2.61. The van der Waals surface area contributed by atoms with Gasteiger partial charge in [0.2, 0.25) is 5.91 Å². The molecule has 1 aromatic rings. The molecule has 0 aliphatic heterocycles. The van der Waals surface area contributed by atoms with E-state index in [0.717, 1.165) is 0 Å². The second-order valence-electron chi connectivity index (χ2n) is 3.98. The van der Waals surface area contributed by atoms with E-state index in [0.29, 0.717) is 5.69 Å². The Hall–Kier alpha value is -2.25. The number of nitrogens with zero attached hydrogens (tertiary/aromatic N) is 1. The maximum absolute atomic E-state index is 12.3. The average molecular weight is 290 g/mol. The summed E-state index contributed by atoms with van der Waals surface area (Å²) in [5, 5.41) is 11.2. The van der Waals surface area contributed by atoms with Crippen molar-refractivity contribution < 1.29 is 27.9 Å². The Morgan fingerprint density at radius 3 is 2.30 bits per heavy atom. The highest BCUT2D eigenvalue weighted by atomic mass is 19.4. The molecule has 0 atom stereocenters. The summed E-state index contributed by atoms with van der Waals surface area (Å²) < 4.78 is 36.8. The highest BCUT2D eigenvalue weighted by Gasteiger charge is 2.33. The van der Waals surface area contributed by atoms with Crippen LogP contribution in [0.25, 0.3) is 0 Å². The van der Waals surface area contributed by atoms with Crippen molar-refractivity contribution in [3.8, 4) is 0 Å². The van der Waals surface area contributed by atoms with Crippen LogP contribution in [0, 0.1) is 0 Å². The number of hydrogen-bond donors (Lipinski definition) is 2. The normalized spacial score (nSPS) is 10.9. The van der Waals surface area contributed by atoms with E-state index in [2.05, 4.69) is 5.32 Å². The van der Waals surface area contributed by atoms with Crippen LogP contribution in [0.3, 0.4) is 0 Å². The van der Waals surface area contributed by atoms with E-state index in [4.69, 9.17) is 5.11 Å². The third kappa shape index (κ3) is 6.07. The summed E-state index contributed by atoms with van der Waals surface area (Å²) in [4.78, 5) is 22.4. The van der Waals surface area contributed by atoms with Gasteiger partial charge in [0.05, 0.1) is 6.54 Å². The SMILES string of the molecule is O=C(O)CN(CC(F)(F)F)C(=O)CNc1ccccc1. The number of benzene rings is 1. The van der Waals surface area contributed by atoms with Gasteiger partial charge in [-0.3, -0.25) is 9.59 Å². The Kier molecular flexibility index (Phi) is 5.36. The summed E-state index contributed by atoms with van der Waals surface area (Å²) >= 11 is 0. The summed E-state index contributed by atoms with van der Waals surface area (Å²) in [6.07, 6.45) is -4.64. The molecule has 0 aromatic heterocycles. The Labute approximate surface area is 113 Å². The van der Waals surface area contributed by atoms with Crippen LogP contribution in [-0.2, 0) is 9.59 Å². The molecule has 1 rings (SSSR count). The number of carbonyl (C=O) groups is 2. The zero-order valence-electron chi connectivity index (χ0n) is 10.4. The van der Waals surface area contributed by atoms with Crippen LogP contribution in [0.1, 0.15) is 0 Å². The first kappa shape index (κ1) is 15.8. The van der Waals surface area contributed by atoms with Crippen molar-refractivity contribution in [2.45, 2.75) is 6.18 Å². The van der Waals surface area contributed by atoms with Crippen LogP contribution < -0.4 is 5.32 Å². The Morgan fingerprint density at radius 1 is 1.20 bits per heavy atom. The second-order valence-corrected chi connectivity index (χ2v) is 3.98. The molecule has 0 saturated heterocycles. The van der Waals surface area contributed by atoms with Crippen molar-refractivity contribution >= 4 is 17.6 Å². The van der Waals surface area contributed by atoms with Gasteiger partial charge in [0, 0.05) is 5.69 Å². The first-order chi connectivity index (χ1) is 9.28. The predicted molar refractivity (Wildman–Crippen MR) is 65.2 cm³/mol. The summed E-state index contributed by atoms with van der Waals surface area (Å²) in [5.74, 6) is -2.43. The minimum atomic E-state index is -4.64. The summed E-state index contributed by atoms with van der Waals surface area (Å²) in [6.45, 7) is -2.99. The number of para-hydroxylation sites is 1. The van der Waals surface area contributed by atoms with E-state index in [-0.39, 0.29) is 4.90 Å². The van der Waals surface area contributed by atoms with Gasteiger partial charge in [-0.15, -0.1) is 0 Å². The number of halogens is 3. The standard InChI is InChI=1S/C12H13F3N2O3/c13-12(14,15)8-17(7-11(19)20)10(18)6-16-9-4-2-1-3-5-9/h1-5,16H,6-8H2,(H,19,20). The number of nitrogens with one attached hydrogen (secondary N) is 1. The fourth-order valence-electron chi connectivity index (χ4n) is 1.46. The van der Waals surface area contributed by atoms with Crippen molar-refractivity contribution in [3.05, 3.63) is 30.3 Å². The molecule has 0 radical (unpaired) electrons. The largest absolute Gasteiger partial charge is 0.480 e. The number of anilines is 1. The average Bonchev–Trinajstić information content (AvgIpc) is 2.34. The molecule has 1 amide bonds. The molecule has 5 nitrogen and oxygen atoms in total. The molecule has 1 aromatic carbocycles. The van der Waals surface area contributed by atoms with Gasteiger partial charge in [0.15, 0.2) is 0 Å². The summed E-state index contributed by atoms with van der Waals surface area (Å²) in [5.41, 5.74) is 0.558. The molecule has 0 aliphatic carbocycles. The number of amides is 1. The van der Waals surface area contributed by atoms with Crippen LogP contribution in [0.4, 0.5) is 18.9 Å². The summed E-state index contributed by atoms with van der Waals surface area (Å²) in [6, 6.07) is 8.40. The van der Waals surface area contributed by atoms with E-state index in [1.54, 1.807) is 30.3 Å². The third-order valence-electron chi connectivity index (χ3n) is 2.27. The van der Waals surface area contributed by atoms with Gasteiger partial charge in [-0.2, -0.15) is 13.2 Å². The molecular formula is C12H13F3N2O3. The first-order valence-corrected chi connectivity index (χ1v) is 5.63. The van der Waals surface area contributed by atoms with Gasteiger partial charge >= 0.3 is 12.1 Å². The van der Waals surface area contributed by atoms with E-state index in [9.17, 15) is 22.8 Å². The van der Waals surface area contributed by atoms with Gasteiger partial charge in [-0.1, -0.05) is 18.2 Å². The number of carbonyl (C=O) groups excluding carboxylic acids is 1. The number of carboxylic acids is 1. The van der Waals surface area contributed by atoms with Crippen molar-refractivity contribution in [2.75, 3.05) is 25.0 Å². The maximum atomic E-state index is 12.3. The Morgan fingerprint density at radius 2 is 1.80 bits per heavy atom.